The molecule has 1 aliphatic heterocycles. The molecule has 0 aliphatic carbocycles. The van der Waals surface area contributed by atoms with Crippen LogP contribution in [-0.2, 0) is 41.7 Å². The van der Waals surface area contributed by atoms with E-state index in [0.29, 0.717) is 57.1 Å². The molecule has 0 spiro atoms. The fourth-order valence-electron chi connectivity index (χ4n) is 6.40. The van der Waals surface area contributed by atoms with Gasteiger partial charge in [-0.2, -0.15) is 0 Å². The lowest BCUT2D eigenvalue weighted by Crippen LogP contribution is -2.50. The molecular weight excluding hydrogens is 702 g/mol. The molecule has 0 saturated heterocycles. The van der Waals surface area contributed by atoms with Crippen molar-refractivity contribution >= 4 is 29.4 Å². The Hall–Kier alpha value is -4.66. The van der Waals surface area contributed by atoms with Gasteiger partial charge in [-0.3, -0.25) is 14.4 Å². The number of rotatable bonds is 19. The van der Waals surface area contributed by atoms with Gasteiger partial charge in [-0.15, -0.1) is 5.10 Å². The highest BCUT2D eigenvalue weighted by Crippen LogP contribution is 2.41. The number of hydrogen-bond donors (Lipinski definition) is 3. The van der Waals surface area contributed by atoms with Crippen molar-refractivity contribution in [1.82, 2.24) is 30.9 Å². The Morgan fingerprint density at radius 1 is 0.836 bits per heavy atom. The highest BCUT2D eigenvalue weighted by molar-refractivity contribution is 6.01. The zero-order chi connectivity index (χ0) is 40.0. The summed E-state index contributed by atoms with van der Waals surface area (Å²) in [6.07, 6.45) is 1.70. The summed E-state index contributed by atoms with van der Waals surface area (Å²) in [7, 11) is 1.60. The van der Waals surface area contributed by atoms with E-state index < -0.39 is 11.5 Å². The molecule has 0 bridgehead atoms. The van der Waals surface area contributed by atoms with E-state index in [2.05, 4.69) is 47.0 Å². The molecule has 1 aliphatic rings. The lowest BCUT2D eigenvalue weighted by molar-refractivity contribution is -0.129. The highest BCUT2D eigenvalue weighted by atomic mass is 16.5. The van der Waals surface area contributed by atoms with Gasteiger partial charge >= 0.3 is 6.09 Å². The maximum Gasteiger partial charge on any atom is 0.407 e. The minimum absolute atomic E-state index is 0.0254. The summed E-state index contributed by atoms with van der Waals surface area (Å²) in [5.41, 5.74) is 3.86. The lowest BCUT2D eigenvalue weighted by Gasteiger charge is -2.31. The molecule has 2 heterocycles. The van der Waals surface area contributed by atoms with Gasteiger partial charge in [0.1, 0.15) is 12.3 Å². The van der Waals surface area contributed by atoms with E-state index >= 15 is 0 Å². The minimum atomic E-state index is -0.526. The number of amides is 3. The van der Waals surface area contributed by atoms with Crippen LogP contribution < -0.4 is 20.9 Å². The molecule has 4 rings (SSSR count). The van der Waals surface area contributed by atoms with Crippen LogP contribution in [0.25, 0.3) is 22.5 Å². The van der Waals surface area contributed by atoms with Gasteiger partial charge in [0.15, 0.2) is 5.78 Å². The molecule has 14 nitrogen and oxygen atoms in total. The Morgan fingerprint density at radius 2 is 1.56 bits per heavy atom. The van der Waals surface area contributed by atoms with Gasteiger partial charge in [-0.25, -0.2) is 9.48 Å². The lowest BCUT2D eigenvalue weighted by atomic mass is 9.84. The molecule has 3 amide bonds. The van der Waals surface area contributed by atoms with Crippen molar-refractivity contribution in [2.24, 2.45) is 5.41 Å². The molecule has 1 atom stereocenters. The molecule has 3 N–H and O–H groups in total. The second kappa shape index (κ2) is 20.3. The number of unbranched alkanes of at least 4 members (excludes halogenated alkanes) is 1. The third kappa shape index (κ3) is 13.0. The van der Waals surface area contributed by atoms with Crippen molar-refractivity contribution in [2.75, 3.05) is 51.5 Å². The van der Waals surface area contributed by atoms with Crippen LogP contribution in [0.5, 0.6) is 0 Å². The maximum absolute atomic E-state index is 13.8. The van der Waals surface area contributed by atoms with E-state index in [-0.39, 0.29) is 61.7 Å². The van der Waals surface area contributed by atoms with E-state index in [1.165, 1.54) is 0 Å². The molecule has 2 aromatic carbocycles. The van der Waals surface area contributed by atoms with Gasteiger partial charge in [0, 0.05) is 55.1 Å². The molecule has 14 heteroatoms. The molecule has 300 valence electrons. The van der Waals surface area contributed by atoms with Crippen molar-refractivity contribution < 1.29 is 33.4 Å². The quantitative estimate of drug-likeness (QED) is 0.137. The van der Waals surface area contributed by atoms with Gasteiger partial charge in [0.2, 0.25) is 11.8 Å². The number of nitrogens with one attached hydrogen (secondary N) is 3. The number of aromatic nitrogens is 3. The first-order valence-electron chi connectivity index (χ1n) is 19.2. The predicted molar refractivity (Wildman–Crippen MR) is 211 cm³/mol. The zero-order valence-corrected chi connectivity index (χ0v) is 33.5. The minimum Gasteiger partial charge on any atom is -0.448 e. The monoisotopic (exact) mass is 761 g/mol. The smallest absolute Gasteiger partial charge is 0.407 e. The van der Waals surface area contributed by atoms with Gasteiger partial charge in [-0.05, 0) is 51.7 Å². The van der Waals surface area contributed by atoms with E-state index in [1.54, 1.807) is 16.7 Å². The van der Waals surface area contributed by atoms with Crippen LogP contribution >= 0.6 is 0 Å². The summed E-state index contributed by atoms with van der Waals surface area (Å²) in [5.74, 6) is -0.233. The second-order valence-corrected chi connectivity index (χ2v) is 15.7. The second-order valence-electron chi connectivity index (χ2n) is 15.7. The normalized spacial score (nSPS) is 13.1. The Morgan fingerprint density at radius 3 is 2.29 bits per heavy atom. The molecule has 0 saturated carbocycles. The number of para-hydroxylation sites is 1. The topological polar surface area (TPSA) is 166 Å². The number of ether oxygens (including phenoxy) is 3. The van der Waals surface area contributed by atoms with E-state index in [0.717, 1.165) is 28.8 Å². The van der Waals surface area contributed by atoms with E-state index in [1.807, 2.05) is 69.3 Å². The van der Waals surface area contributed by atoms with Crippen LogP contribution in [0.4, 0.5) is 10.5 Å². The molecule has 3 aromatic rings. The first-order chi connectivity index (χ1) is 26.2. The van der Waals surface area contributed by atoms with Gasteiger partial charge < -0.3 is 35.1 Å². The first kappa shape index (κ1) is 43.1. The first-order valence-corrected chi connectivity index (χ1v) is 19.2. The van der Waals surface area contributed by atoms with Crippen LogP contribution in [0, 0.1) is 5.41 Å². The fourth-order valence-corrected chi connectivity index (χ4v) is 6.40. The Balaban J connectivity index is 1.36. The molecule has 55 heavy (non-hydrogen) atoms. The Bertz CT molecular complexity index is 1740. The van der Waals surface area contributed by atoms with Crippen LogP contribution in [0.15, 0.2) is 48.5 Å². The summed E-state index contributed by atoms with van der Waals surface area (Å²) < 4.78 is 17.6. The van der Waals surface area contributed by atoms with Gasteiger partial charge in [-0.1, -0.05) is 68.4 Å². The highest BCUT2D eigenvalue weighted by Gasteiger charge is 2.32. The third-order valence-electron chi connectivity index (χ3n) is 9.04. The van der Waals surface area contributed by atoms with E-state index in [9.17, 15) is 19.2 Å². The molecule has 1 aromatic heterocycles. The summed E-state index contributed by atoms with van der Waals surface area (Å²) >= 11 is 0. The Labute approximate surface area is 325 Å². The summed E-state index contributed by atoms with van der Waals surface area (Å²) in [5, 5.41) is 18.1. The van der Waals surface area contributed by atoms with Crippen molar-refractivity contribution in [1.29, 1.82) is 0 Å². The van der Waals surface area contributed by atoms with Gasteiger partial charge in [0.25, 0.3) is 0 Å². The van der Waals surface area contributed by atoms with Crippen molar-refractivity contribution in [3.8, 4) is 22.5 Å². The molecule has 1 unspecified atom stereocenters. The number of fused-ring (bicyclic) bond motifs is 5. The Kier molecular flexibility index (Phi) is 15.9. The molecular formula is C41H59N7O7. The third-order valence-corrected chi connectivity index (χ3v) is 9.04. The molecule has 0 radical (unpaired) electrons. The van der Waals surface area contributed by atoms with Crippen LogP contribution in [0.1, 0.15) is 79.2 Å². The zero-order valence-electron chi connectivity index (χ0n) is 33.5. The standard InChI is InChI=1S/C41H59N7O7/c1-40(2,3)38(51)32(44-41(4,5)6)17-12-13-21-43-39(52)55-25-23-48-37-30-15-9-8-14-29(30)28-47(33-18-11-10-16-31(33)36(37)45-46-48)35(50)20-19-34(49)42-22-24-54-27-26-53-7/h8-11,14-16,18,32,44H,12-13,17,19-28H2,1-7H3,(H,42,49)(H,43,52). The van der Waals surface area contributed by atoms with Crippen molar-refractivity contribution in [2.45, 2.75) is 98.3 Å². The number of carbonyl (C=O) groups is 4. The summed E-state index contributed by atoms with van der Waals surface area (Å²) in [6.45, 7) is 14.7. The van der Waals surface area contributed by atoms with Crippen LogP contribution in [-0.4, -0.2) is 96.9 Å². The molecule has 0 fully saturated rings. The number of ketones is 1. The number of alkyl carbamates (subject to hydrolysis) is 1. The summed E-state index contributed by atoms with van der Waals surface area (Å²) in [6, 6.07) is 15.1. The predicted octanol–water partition coefficient (Wildman–Crippen LogP) is 5.29. The average Bonchev–Trinajstić information content (AvgIpc) is 3.54. The number of carbonyl (C=O) groups excluding carboxylic acids is 4. The van der Waals surface area contributed by atoms with Crippen molar-refractivity contribution in [3.63, 3.8) is 0 Å². The van der Waals surface area contributed by atoms with Crippen LogP contribution in [0.2, 0.25) is 0 Å². The number of benzene rings is 2. The number of Topliss-reactive ketones (excluding diaryl/α,β-unsaturated/α-hetero) is 1. The van der Waals surface area contributed by atoms with Crippen LogP contribution in [0.3, 0.4) is 0 Å². The van der Waals surface area contributed by atoms with Crippen molar-refractivity contribution in [3.05, 3.63) is 54.1 Å². The SMILES string of the molecule is COCCOCCNC(=O)CCC(=O)N1Cc2ccccc2-c2c(nnn2CCOC(=O)NCCCCC(NC(C)(C)C)C(=O)C(C)(C)C)-c2ccccc21. The maximum atomic E-state index is 13.8. The number of nitrogens with zero attached hydrogens (tertiary/aromatic N) is 4. The van der Waals surface area contributed by atoms with E-state index in [4.69, 9.17) is 14.2 Å². The number of methoxy groups -OCH3 is 1. The largest absolute Gasteiger partial charge is 0.448 e. The number of hydrogen-bond acceptors (Lipinski definition) is 10. The fraction of sp³-hybridized carbons (Fsp3) is 0.561. The number of anilines is 1. The average molecular weight is 762 g/mol. The summed E-state index contributed by atoms with van der Waals surface area (Å²) in [4.78, 5) is 53.7. The van der Waals surface area contributed by atoms with Gasteiger partial charge in [0.05, 0.1) is 50.3 Å².